The quantitative estimate of drug-likeness (QED) is 0.181. The van der Waals surface area contributed by atoms with Gasteiger partial charge < -0.3 is 4.42 Å². The Morgan fingerprint density at radius 1 is 0.440 bits per heavy atom. The largest absolute Gasteiger partial charge is 0.456 e. The fourth-order valence-electron chi connectivity index (χ4n) is 7.30. The molecule has 0 aliphatic carbocycles. The molecule has 9 aromatic rings. The summed E-state index contributed by atoms with van der Waals surface area (Å²) >= 11 is 0. The van der Waals surface area contributed by atoms with Crippen molar-refractivity contribution in [2.24, 2.45) is 0 Å². The number of benzene rings is 6. The highest BCUT2D eigenvalue weighted by atomic mass is 16.3. The van der Waals surface area contributed by atoms with Gasteiger partial charge in [0.25, 0.3) is 0 Å². The SMILES string of the molecule is CC(C)(c1cccc(-c2ccccc2)n1)c1nc(-c2ccccc2)ccc1-c1cccc2cccc(-c3ccc4c(c3)oc3ccccc34)c12. The maximum absolute atomic E-state index is 6.33. The van der Waals surface area contributed by atoms with Gasteiger partial charge in [-0.05, 0) is 77.7 Å². The van der Waals surface area contributed by atoms with Gasteiger partial charge >= 0.3 is 0 Å². The summed E-state index contributed by atoms with van der Waals surface area (Å²) in [6, 6.07) is 59.5. The van der Waals surface area contributed by atoms with Crippen molar-refractivity contribution in [2.75, 3.05) is 0 Å². The van der Waals surface area contributed by atoms with Crippen LogP contribution in [0.5, 0.6) is 0 Å². The predicted molar refractivity (Wildman–Crippen MR) is 207 cm³/mol. The molecule has 50 heavy (non-hydrogen) atoms. The normalized spacial score (nSPS) is 11.8. The minimum Gasteiger partial charge on any atom is -0.456 e. The molecule has 3 heteroatoms. The van der Waals surface area contributed by atoms with Crippen molar-refractivity contribution in [1.82, 2.24) is 9.97 Å². The zero-order chi connectivity index (χ0) is 33.7. The Morgan fingerprint density at radius 2 is 1.08 bits per heavy atom. The number of rotatable bonds is 6. The second-order valence-corrected chi connectivity index (χ2v) is 13.4. The van der Waals surface area contributed by atoms with Crippen molar-refractivity contribution in [3.05, 3.63) is 181 Å². The van der Waals surface area contributed by atoms with E-state index in [9.17, 15) is 0 Å². The third-order valence-corrected chi connectivity index (χ3v) is 9.90. The number of pyridine rings is 2. The standard InChI is InChI=1S/C47H34N2O/c1-47(2,44-25-13-23-40(48-44)31-14-5-3-6-15-31)46-39(28-29-41(49-46)32-16-7-4-8-17-32)38-22-12-19-33-18-11-21-35(45(33)38)34-26-27-37-36-20-9-10-24-42(36)50-43(37)30-34/h3-30H,1-2H3. The van der Waals surface area contributed by atoms with E-state index in [2.05, 4.69) is 159 Å². The second-order valence-electron chi connectivity index (χ2n) is 13.4. The zero-order valence-electron chi connectivity index (χ0n) is 28.0. The minimum absolute atomic E-state index is 0.533. The number of aromatic nitrogens is 2. The van der Waals surface area contributed by atoms with E-state index in [0.29, 0.717) is 0 Å². The van der Waals surface area contributed by atoms with Crippen LogP contribution < -0.4 is 0 Å². The fourth-order valence-corrected chi connectivity index (χ4v) is 7.30. The highest BCUT2D eigenvalue weighted by Crippen LogP contribution is 2.43. The van der Waals surface area contributed by atoms with Crippen LogP contribution in [0.25, 0.3) is 77.5 Å². The molecule has 0 N–H and O–H groups in total. The van der Waals surface area contributed by atoms with Crippen molar-refractivity contribution in [2.45, 2.75) is 19.3 Å². The van der Waals surface area contributed by atoms with Crippen LogP contribution in [0.2, 0.25) is 0 Å². The van der Waals surface area contributed by atoms with E-state index in [-0.39, 0.29) is 0 Å². The molecule has 0 amide bonds. The molecule has 0 saturated heterocycles. The van der Waals surface area contributed by atoms with Crippen molar-refractivity contribution in [1.29, 1.82) is 0 Å². The lowest BCUT2D eigenvalue weighted by molar-refractivity contribution is 0.599. The van der Waals surface area contributed by atoms with Gasteiger partial charge in [0.15, 0.2) is 0 Å². The number of fused-ring (bicyclic) bond motifs is 4. The first-order valence-electron chi connectivity index (χ1n) is 17.1. The summed E-state index contributed by atoms with van der Waals surface area (Å²) in [5.74, 6) is 0. The first-order chi connectivity index (χ1) is 24.5. The Hall–Kier alpha value is -6.32. The topological polar surface area (TPSA) is 38.9 Å². The molecule has 3 nitrogen and oxygen atoms in total. The third kappa shape index (κ3) is 5.07. The Kier molecular flexibility index (Phi) is 7.14. The summed E-state index contributed by atoms with van der Waals surface area (Å²) in [7, 11) is 0. The molecule has 0 saturated carbocycles. The summed E-state index contributed by atoms with van der Waals surface area (Å²) in [5, 5.41) is 4.61. The van der Waals surface area contributed by atoms with Gasteiger partial charge in [-0.15, -0.1) is 0 Å². The molecule has 0 aliphatic rings. The fraction of sp³-hybridized carbons (Fsp3) is 0.0638. The number of hydrogen-bond donors (Lipinski definition) is 0. The predicted octanol–water partition coefficient (Wildman–Crippen LogP) is 12.5. The van der Waals surface area contributed by atoms with E-state index >= 15 is 0 Å². The van der Waals surface area contributed by atoms with E-state index < -0.39 is 5.41 Å². The van der Waals surface area contributed by atoms with Gasteiger partial charge in [-0.1, -0.05) is 133 Å². The molecule has 3 heterocycles. The first kappa shape index (κ1) is 29.8. The number of hydrogen-bond acceptors (Lipinski definition) is 3. The minimum atomic E-state index is -0.533. The Bertz CT molecular complexity index is 2670. The summed E-state index contributed by atoms with van der Waals surface area (Å²) in [6.07, 6.45) is 0. The van der Waals surface area contributed by atoms with Crippen molar-refractivity contribution < 1.29 is 4.42 Å². The molecule has 6 aromatic carbocycles. The zero-order valence-corrected chi connectivity index (χ0v) is 28.0. The smallest absolute Gasteiger partial charge is 0.136 e. The maximum atomic E-state index is 6.33. The highest BCUT2D eigenvalue weighted by molar-refractivity contribution is 6.10. The van der Waals surface area contributed by atoms with Crippen LogP contribution in [0.4, 0.5) is 0 Å². The summed E-state index contributed by atoms with van der Waals surface area (Å²) in [4.78, 5) is 10.7. The van der Waals surface area contributed by atoms with E-state index in [1.807, 2.05) is 24.3 Å². The van der Waals surface area contributed by atoms with Crippen LogP contribution in [0, 0.1) is 0 Å². The Morgan fingerprint density at radius 3 is 1.84 bits per heavy atom. The number of nitrogens with zero attached hydrogens (tertiary/aromatic N) is 2. The number of para-hydroxylation sites is 1. The number of furan rings is 1. The molecule has 0 radical (unpaired) electrons. The van der Waals surface area contributed by atoms with Crippen LogP contribution in [0.15, 0.2) is 174 Å². The molecule has 9 rings (SSSR count). The van der Waals surface area contributed by atoms with Gasteiger partial charge in [-0.3, -0.25) is 9.97 Å². The molecule has 0 aliphatic heterocycles. The summed E-state index contributed by atoms with van der Waals surface area (Å²) < 4.78 is 6.33. The van der Waals surface area contributed by atoms with Crippen LogP contribution >= 0.6 is 0 Å². The van der Waals surface area contributed by atoms with Gasteiger partial charge in [0.1, 0.15) is 11.2 Å². The van der Waals surface area contributed by atoms with Crippen LogP contribution in [-0.4, -0.2) is 9.97 Å². The molecule has 0 fully saturated rings. The van der Waals surface area contributed by atoms with Crippen LogP contribution in [-0.2, 0) is 5.41 Å². The molecular formula is C47H34N2O. The Labute approximate surface area is 291 Å². The highest BCUT2D eigenvalue weighted by Gasteiger charge is 2.31. The average Bonchev–Trinajstić information content (AvgIpc) is 3.56. The summed E-state index contributed by atoms with van der Waals surface area (Å²) in [5.41, 5.74) is 11.8. The summed E-state index contributed by atoms with van der Waals surface area (Å²) in [6.45, 7) is 4.48. The lowest BCUT2D eigenvalue weighted by Crippen LogP contribution is -2.24. The maximum Gasteiger partial charge on any atom is 0.136 e. The molecular weight excluding hydrogens is 609 g/mol. The van der Waals surface area contributed by atoms with Gasteiger partial charge in [0, 0.05) is 32.9 Å². The lowest BCUT2D eigenvalue weighted by atomic mass is 9.79. The van der Waals surface area contributed by atoms with Gasteiger partial charge in [0.05, 0.1) is 22.8 Å². The molecule has 0 bridgehead atoms. The van der Waals surface area contributed by atoms with Gasteiger partial charge in [0.2, 0.25) is 0 Å². The first-order valence-corrected chi connectivity index (χ1v) is 17.1. The average molecular weight is 643 g/mol. The van der Waals surface area contributed by atoms with Gasteiger partial charge in [-0.2, -0.15) is 0 Å². The van der Waals surface area contributed by atoms with Crippen LogP contribution in [0.3, 0.4) is 0 Å². The second kappa shape index (κ2) is 12.0. The van der Waals surface area contributed by atoms with Crippen molar-refractivity contribution in [3.8, 4) is 44.8 Å². The van der Waals surface area contributed by atoms with Crippen molar-refractivity contribution in [3.63, 3.8) is 0 Å². The molecule has 0 atom stereocenters. The Balaban J connectivity index is 1.27. The third-order valence-electron chi connectivity index (χ3n) is 9.90. The van der Waals surface area contributed by atoms with Crippen molar-refractivity contribution >= 4 is 32.7 Å². The van der Waals surface area contributed by atoms with E-state index in [1.165, 1.54) is 10.8 Å². The van der Waals surface area contributed by atoms with Gasteiger partial charge in [-0.25, -0.2) is 0 Å². The monoisotopic (exact) mass is 642 g/mol. The molecule has 0 unspecified atom stereocenters. The van der Waals surface area contributed by atoms with E-state index in [1.54, 1.807) is 0 Å². The van der Waals surface area contributed by atoms with Crippen LogP contribution in [0.1, 0.15) is 25.2 Å². The van der Waals surface area contributed by atoms with E-state index in [4.69, 9.17) is 14.4 Å². The molecule has 3 aromatic heterocycles. The lowest BCUT2D eigenvalue weighted by Gasteiger charge is -2.28. The molecule has 0 spiro atoms. The molecule has 238 valence electrons. The van der Waals surface area contributed by atoms with E-state index in [0.717, 1.165) is 78.1 Å².